The van der Waals surface area contributed by atoms with Crippen LogP contribution >= 0.6 is 0 Å². The van der Waals surface area contributed by atoms with Crippen LogP contribution in [0.3, 0.4) is 0 Å². The molecule has 1 aromatic heterocycles. The van der Waals surface area contributed by atoms with E-state index in [9.17, 15) is 0 Å². The molecule has 0 fully saturated rings. The lowest BCUT2D eigenvalue weighted by atomic mass is 10.0. The zero-order chi connectivity index (χ0) is 15.4. The molecule has 4 nitrogen and oxygen atoms in total. The van der Waals surface area contributed by atoms with Gasteiger partial charge >= 0.3 is 0 Å². The Hall–Kier alpha value is -2.10. The molecule has 21 heavy (non-hydrogen) atoms. The fourth-order valence-corrected chi connectivity index (χ4v) is 2.18. The van der Waals surface area contributed by atoms with Crippen LogP contribution in [0.2, 0.25) is 0 Å². The molecule has 0 aliphatic rings. The normalized spacial score (nSPS) is 10.8. The lowest BCUT2D eigenvalue weighted by Gasteiger charge is -2.13. The summed E-state index contributed by atoms with van der Waals surface area (Å²) in [5.74, 6) is 1.74. The number of nitrogens with zero attached hydrogens (tertiary/aromatic N) is 2. The van der Waals surface area contributed by atoms with E-state index in [0.717, 1.165) is 40.5 Å². The van der Waals surface area contributed by atoms with Gasteiger partial charge in [-0.25, -0.2) is 0 Å². The summed E-state index contributed by atoms with van der Waals surface area (Å²) in [6, 6.07) is 8.01. The quantitative estimate of drug-likeness (QED) is 0.902. The fourth-order valence-electron chi connectivity index (χ4n) is 2.18. The molecule has 1 heterocycles. The molecular weight excluding hydrogens is 262 g/mol. The Morgan fingerprint density at radius 3 is 2.29 bits per heavy atom. The van der Waals surface area contributed by atoms with Gasteiger partial charge < -0.3 is 10.1 Å². The Bertz CT molecular complexity index is 606. The summed E-state index contributed by atoms with van der Waals surface area (Å²) in [5.41, 5.74) is 4.27. The second-order valence-electron chi connectivity index (χ2n) is 5.37. The van der Waals surface area contributed by atoms with Crippen molar-refractivity contribution in [2.75, 3.05) is 11.9 Å². The first kappa shape index (κ1) is 15.3. The minimum atomic E-state index is 0.180. The number of nitrogens with one attached hydrogen (secondary N) is 1. The van der Waals surface area contributed by atoms with Crippen molar-refractivity contribution >= 4 is 5.82 Å². The first-order chi connectivity index (χ1) is 10.0. The number of aromatic nitrogens is 2. The van der Waals surface area contributed by atoms with E-state index in [4.69, 9.17) is 4.74 Å². The Kier molecular flexibility index (Phi) is 4.78. The van der Waals surface area contributed by atoms with E-state index < -0.39 is 0 Å². The number of hydrogen-bond acceptors (Lipinski definition) is 4. The van der Waals surface area contributed by atoms with Gasteiger partial charge in [-0.15, -0.1) is 10.2 Å². The van der Waals surface area contributed by atoms with Crippen LogP contribution in [0.1, 0.15) is 31.9 Å². The fraction of sp³-hybridized carbons (Fsp3) is 0.412. The number of ether oxygens (including phenoxy) is 1. The number of anilines is 1. The summed E-state index contributed by atoms with van der Waals surface area (Å²) in [4.78, 5) is 0. The van der Waals surface area contributed by atoms with Gasteiger partial charge in [-0.05, 0) is 70.0 Å². The standard InChI is InChI=1S/C17H23N3O/c1-6-18-17-13(5)12(4)16(19-20-17)14-7-9-15(10-8-14)21-11(2)3/h7-11H,6H2,1-5H3,(H,18,20). The molecule has 0 aliphatic heterocycles. The van der Waals surface area contributed by atoms with E-state index >= 15 is 0 Å². The van der Waals surface area contributed by atoms with Crippen LogP contribution in [-0.2, 0) is 0 Å². The van der Waals surface area contributed by atoms with E-state index in [2.05, 4.69) is 36.3 Å². The molecule has 0 amide bonds. The summed E-state index contributed by atoms with van der Waals surface area (Å²) < 4.78 is 5.66. The summed E-state index contributed by atoms with van der Waals surface area (Å²) in [7, 11) is 0. The molecule has 2 aromatic rings. The van der Waals surface area contributed by atoms with Crippen molar-refractivity contribution in [3.05, 3.63) is 35.4 Å². The third-order valence-corrected chi connectivity index (χ3v) is 3.37. The first-order valence-corrected chi connectivity index (χ1v) is 7.37. The predicted molar refractivity (Wildman–Crippen MR) is 86.9 cm³/mol. The second-order valence-corrected chi connectivity index (χ2v) is 5.37. The van der Waals surface area contributed by atoms with Crippen LogP contribution in [-0.4, -0.2) is 22.8 Å². The third kappa shape index (κ3) is 3.51. The van der Waals surface area contributed by atoms with Crippen LogP contribution in [0.5, 0.6) is 5.75 Å². The molecular formula is C17H23N3O. The highest BCUT2D eigenvalue weighted by Gasteiger charge is 2.11. The van der Waals surface area contributed by atoms with E-state index in [1.807, 2.05) is 38.1 Å². The zero-order valence-corrected chi connectivity index (χ0v) is 13.4. The van der Waals surface area contributed by atoms with Gasteiger partial charge in [-0.1, -0.05) is 0 Å². The van der Waals surface area contributed by atoms with Gasteiger partial charge in [0.2, 0.25) is 0 Å². The maximum Gasteiger partial charge on any atom is 0.151 e. The zero-order valence-electron chi connectivity index (χ0n) is 13.4. The minimum absolute atomic E-state index is 0.180. The molecule has 2 rings (SSSR count). The minimum Gasteiger partial charge on any atom is -0.491 e. The Morgan fingerprint density at radius 2 is 1.71 bits per heavy atom. The molecule has 0 atom stereocenters. The lowest BCUT2D eigenvalue weighted by molar-refractivity contribution is 0.242. The summed E-state index contributed by atoms with van der Waals surface area (Å²) in [6.45, 7) is 11.1. The smallest absolute Gasteiger partial charge is 0.151 e. The molecule has 0 aliphatic carbocycles. The highest BCUT2D eigenvalue weighted by molar-refractivity contribution is 5.67. The molecule has 0 radical (unpaired) electrons. The monoisotopic (exact) mass is 285 g/mol. The van der Waals surface area contributed by atoms with Crippen molar-refractivity contribution in [2.24, 2.45) is 0 Å². The van der Waals surface area contributed by atoms with Crippen molar-refractivity contribution < 1.29 is 4.74 Å². The molecule has 4 heteroatoms. The number of benzene rings is 1. The highest BCUT2D eigenvalue weighted by atomic mass is 16.5. The second kappa shape index (κ2) is 6.57. The Morgan fingerprint density at radius 1 is 1.05 bits per heavy atom. The molecule has 0 saturated carbocycles. The average molecular weight is 285 g/mol. The van der Waals surface area contributed by atoms with Gasteiger partial charge in [0.25, 0.3) is 0 Å². The van der Waals surface area contributed by atoms with E-state index in [1.54, 1.807) is 0 Å². The summed E-state index contributed by atoms with van der Waals surface area (Å²) in [6.07, 6.45) is 0.180. The number of hydrogen-bond donors (Lipinski definition) is 1. The van der Waals surface area contributed by atoms with Crippen LogP contribution < -0.4 is 10.1 Å². The number of rotatable bonds is 5. The van der Waals surface area contributed by atoms with Crippen molar-refractivity contribution in [1.82, 2.24) is 10.2 Å². The first-order valence-electron chi connectivity index (χ1n) is 7.37. The van der Waals surface area contributed by atoms with Crippen molar-refractivity contribution in [1.29, 1.82) is 0 Å². The van der Waals surface area contributed by atoms with Crippen LogP contribution in [0.15, 0.2) is 24.3 Å². The molecule has 0 unspecified atom stereocenters. The van der Waals surface area contributed by atoms with Gasteiger partial charge in [-0.2, -0.15) is 0 Å². The molecule has 0 saturated heterocycles. The van der Waals surface area contributed by atoms with Crippen molar-refractivity contribution in [3.8, 4) is 17.0 Å². The van der Waals surface area contributed by atoms with Crippen LogP contribution in [0.25, 0.3) is 11.3 Å². The lowest BCUT2D eigenvalue weighted by Crippen LogP contribution is -2.06. The van der Waals surface area contributed by atoms with Crippen molar-refractivity contribution in [3.63, 3.8) is 0 Å². The molecule has 112 valence electrons. The highest BCUT2D eigenvalue weighted by Crippen LogP contribution is 2.27. The average Bonchev–Trinajstić information content (AvgIpc) is 2.45. The maximum absolute atomic E-state index is 5.66. The predicted octanol–water partition coefficient (Wildman–Crippen LogP) is 3.98. The molecule has 0 bridgehead atoms. The van der Waals surface area contributed by atoms with E-state index in [0.29, 0.717) is 0 Å². The maximum atomic E-state index is 5.66. The Labute approximate surface area is 126 Å². The van der Waals surface area contributed by atoms with Gasteiger partial charge in [-0.3, -0.25) is 0 Å². The van der Waals surface area contributed by atoms with Crippen LogP contribution in [0, 0.1) is 13.8 Å². The van der Waals surface area contributed by atoms with Crippen LogP contribution in [0.4, 0.5) is 5.82 Å². The SMILES string of the molecule is CCNc1nnc(-c2ccc(OC(C)C)cc2)c(C)c1C. The Balaban J connectivity index is 2.31. The van der Waals surface area contributed by atoms with Gasteiger partial charge in [0.1, 0.15) is 5.75 Å². The van der Waals surface area contributed by atoms with E-state index in [-0.39, 0.29) is 6.10 Å². The van der Waals surface area contributed by atoms with Crippen molar-refractivity contribution in [2.45, 2.75) is 40.7 Å². The van der Waals surface area contributed by atoms with Gasteiger partial charge in [0.05, 0.1) is 11.8 Å². The topological polar surface area (TPSA) is 47.0 Å². The van der Waals surface area contributed by atoms with Gasteiger partial charge in [0, 0.05) is 12.1 Å². The van der Waals surface area contributed by atoms with Gasteiger partial charge in [0.15, 0.2) is 5.82 Å². The molecule has 0 spiro atoms. The van der Waals surface area contributed by atoms with E-state index in [1.165, 1.54) is 0 Å². The third-order valence-electron chi connectivity index (χ3n) is 3.37. The summed E-state index contributed by atoms with van der Waals surface area (Å²) in [5, 5.41) is 11.9. The summed E-state index contributed by atoms with van der Waals surface area (Å²) >= 11 is 0. The molecule has 1 aromatic carbocycles. The largest absolute Gasteiger partial charge is 0.491 e. The molecule has 1 N–H and O–H groups in total.